The zero-order valence-corrected chi connectivity index (χ0v) is 25.0. The number of carbonyl (C=O) groups excluding carboxylic acids is 1. The Hall–Kier alpha value is -2.09. The first kappa shape index (κ1) is 33.9. The van der Waals surface area contributed by atoms with Gasteiger partial charge in [-0.1, -0.05) is 77.3 Å². The summed E-state index contributed by atoms with van der Waals surface area (Å²) in [5.41, 5.74) is 8.57. The smallest absolute Gasteiger partial charge is 0.308 e. The van der Waals surface area contributed by atoms with E-state index < -0.39 is 0 Å². The molecule has 1 aliphatic carbocycles. The second-order valence-electron chi connectivity index (χ2n) is 10.8. The number of allylic oxidation sites excluding steroid dienone is 11. The molecule has 0 aromatic rings. The topological polar surface area (TPSA) is 26.3 Å². The predicted octanol–water partition coefficient (Wildman–Crippen LogP) is 10.8. The van der Waals surface area contributed by atoms with Gasteiger partial charge < -0.3 is 4.74 Å². The van der Waals surface area contributed by atoms with Gasteiger partial charge in [0.15, 0.2) is 0 Å². The highest BCUT2D eigenvalue weighted by Gasteiger charge is 2.22. The van der Waals surface area contributed by atoms with E-state index in [2.05, 4.69) is 85.4 Å². The van der Waals surface area contributed by atoms with Crippen LogP contribution in [0.4, 0.5) is 0 Å². The average Bonchev–Trinajstić information content (AvgIpc) is 2.83. The molecule has 0 radical (unpaired) electrons. The van der Waals surface area contributed by atoms with Crippen LogP contribution in [0.25, 0.3) is 0 Å². The number of hydrogen-bond donors (Lipinski definition) is 0. The van der Waals surface area contributed by atoms with E-state index in [4.69, 9.17) is 4.74 Å². The molecule has 0 saturated carbocycles. The fourth-order valence-electron chi connectivity index (χ4n) is 4.15. The third kappa shape index (κ3) is 19.1. The molecule has 1 rings (SSSR count). The molecule has 0 saturated heterocycles. The van der Waals surface area contributed by atoms with E-state index in [1.54, 1.807) is 0 Å². The van der Waals surface area contributed by atoms with Crippen molar-refractivity contribution in [2.24, 2.45) is 5.92 Å². The second kappa shape index (κ2) is 21.0. The Morgan fingerprint density at radius 1 is 0.889 bits per heavy atom. The molecule has 0 heterocycles. The van der Waals surface area contributed by atoms with E-state index in [1.165, 1.54) is 53.4 Å². The lowest BCUT2D eigenvalue weighted by Gasteiger charge is -2.20. The van der Waals surface area contributed by atoms with Crippen LogP contribution < -0.4 is 0 Å². The molecule has 204 valence electrons. The van der Waals surface area contributed by atoms with Crippen LogP contribution in [-0.2, 0) is 9.53 Å². The predicted molar refractivity (Wildman–Crippen MR) is 160 cm³/mol. The molecular weight excluding hydrogens is 440 g/mol. The van der Waals surface area contributed by atoms with E-state index in [-0.39, 0.29) is 11.9 Å². The van der Waals surface area contributed by atoms with Crippen LogP contribution in [-0.4, -0.2) is 13.1 Å². The highest BCUT2D eigenvalue weighted by molar-refractivity contribution is 5.72. The monoisotopic (exact) mass is 496 g/mol. The van der Waals surface area contributed by atoms with Crippen LogP contribution in [0.15, 0.2) is 70.4 Å². The molecule has 0 spiro atoms. The number of hydrogen-bond acceptors (Lipinski definition) is 2. The zero-order valence-electron chi connectivity index (χ0n) is 25.0. The van der Waals surface area contributed by atoms with Crippen LogP contribution in [0, 0.1) is 5.92 Å². The van der Waals surface area contributed by atoms with Crippen molar-refractivity contribution in [1.82, 2.24) is 0 Å². The molecule has 0 amide bonds. The van der Waals surface area contributed by atoms with E-state index in [1.807, 2.05) is 0 Å². The van der Waals surface area contributed by atoms with Crippen molar-refractivity contribution in [2.45, 2.75) is 126 Å². The molecule has 0 aromatic heterocycles. The maximum atomic E-state index is 11.6. The SMILES string of the molecule is C=C(CC)CC/C=C(\C)CCC=C(C)C.COC(=O)[C@H]1CCC=C(CC/C=C(\C)CCC=C(C)C)C1. The lowest BCUT2D eigenvalue weighted by Crippen LogP contribution is -2.19. The minimum atomic E-state index is -0.0472. The first-order valence-corrected chi connectivity index (χ1v) is 14.1. The van der Waals surface area contributed by atoms with Gasteiger partial charge in [-0.3, -0.25) is 4.79 Å². The summed E-state index contributed by atoms with van der Waals surface area (Å²) in [5, 5.41) is 0. The molecule has 0 fully saturated rings. The van der Waals surface area contributed by atoms with E-state index in [0.29, 0.717) is 0 Å². The van der Waals surface area contributed by atoms with Crippen LogP contribution in [0.3, 0.4) is 0 Å². The van der Waals surface area contributed by atoms with Gasteiger partial charge >= 0.3 is 5.97 Å². The summed E-state index contributed by atoms with van der Waals surface area (Å²) in [5.74, 6) is 0.0341. The first-order valence-electron chi connectivity index (χ1n) is 14.1. The Morgan fingerprint density at radius 2 is 1.42 bits per heavy atom. The van der Waals surface area contributed by atoms with Gasteiger partial charge in [-0.05, 0) is 119 Å². The van der Waals surface area contributed by atoms with Crippen molar-refractivity contribution >= 4 is 5.97 Å². The fraction of sp³-hybridized carbons (Fsp3) is 0.618. The first-order chi connectivity index (χ1) is 17.1. The molecule has 36 heavy (non-hydrogen) atoms. The Bertz CT molecular complexity index is 793. The summed E-state index contributed by atoms with van der Waals surface area (Å²) < 4.78 is 4.86. The van der Waals surface area contributed by atoms with Gasteiger partial charge in [0.05, 0.1) is 13.0 Å². The molecule has 0 aromatic carbocycles. The Balaban J connectivity index is 0.000000723. The normalized spacial score (nSPS) is 15.8. The molecular formula is C34H56O2. The van der Waals surface area contributed by atoms with Crippen molar-refractivity contribution in [3.63, 3.8) is 0 Å². The van der Waals surface area contributed by atoms with Crippen LogP contribution in [0.5, 0.6) is 0 Å². The van der Waals surface area contributed by atoms with Crippen LogP contribution >= 0.6 is 0 Å². The number of methoxy groups -OCH3 is 1. The number of ether oxygens (including phenoxy) is 1. The van der Waals surface area contributed by atoms with Crippen LogP contribution in [0.1, 0.15) is 126 Å². The lowest BCUT2D eigenvalue weighted by molar-refractivity contribution is -0.145. The maximum Gasteiger partial charge on any atom is 0.308 e. The highest BCUT2D eigenvalue weighted by atomic mass is 16.5. The van der Waals surface area contributed by atoms with Crippen molar-refractivity contribution in [3.8, 4) is 0 Å². The minimum absolute atomic E-state index is 0.0472. The van der Waals surface area contributed by atoms with Gasteiger partial charge in [0.2, 0.25) is 0 Å². The summed E-state index contributed by atoms with van der Waals surface area (Å²) in [6.07, 6.45) is 24.7. The molecule has 1 atom stereocenters. The number of carbonyl (C=O) groups is 1. The number of esters is 1. The minimum Gasteiger partial charge on any atom is -0.469 e. The summed E-state index contributed by atoms with van der Waals surface area (Å²) in [6, 6.07) is 0. The summed E-state index contributed by atoms with van der Waals surface area (Å²) in [7, 11) is 1.49. The third-order valence-electron chi connectivity index (χ3n) is 6.62. The van der Waals surface area contributed by atoms with Gasteiger partial charge in [-0.25, -0.2) is 0 Å². The largest absolute Gasteiger partial charge is 0.469 e. The van der Waals surface area contributed by atoms with Crippen molar-refractivity contribution in [2.75, 3.05) is 7.11 Å². The quantitative estimate of drug-likeness (QED) is 0.176. The summed E-state index contributed by atoms with van der Waals surface area (Å²) in [4.78, 5) is 11.6. The average molecular weight is 497 g/mol. The second-order valence-corrected chi connectivity index (χ2v) is 10.8. The fourth-order valence-corrected chi connectivity index (χ4v) is 4.15. The van der Waals surface area contributed by atoms with Crippen LogP contribution in [0.2, 0.25) is 0 Å². The molecule has 0 N–H and O–H groups in total. The molecule has 2 heteroatoms. The summed E-state index contributed by atoms with van der Waals surface area (Å²) >= 11 is 0. The Morgan fingerprint density at radius 3 is 1.92 bits per heavy atom. The Labute approximate surface area is 224 Å². The van der Waals surface area contributed by atoms with Crippen molar-refractivity contribution in [1.29, 1.82) is 0 Å². The standard InChI is InChI=1S/C19H30O2.C15H26/c1-15(2)8-5-9-16(3)10-6-11-17-12-7-13-18(14-17)19(20)21-4;1-6-14(4)10-8-12-15(5)11-7-9-13(2)3/h8,10,12,18H,5-7,9,11,13-14H2,1-4H3;9,12H,4,6-8,10-11H2,1-3,5H3/b16-10+;15-12+/t18-;/m0./s1. The lowest BCUT2D eigenvalue weighted by atomic mass is 9.87. The third-order valence-corrected chi connectivity index (χ3v) is 6.62. The Kier molecular flexibility index (Phi) is 19.8. The molecule has 0 bridgehead atoms. The molecule has 2 nitrogen and oxygen atoms in total. The van der Waals surface area contributed by atoms with Crippen molar-refractivity contribution < 1.29 is 9.53 Å². The van der Waals surface area contributed by atoms with Gasteiger partial charge in [0.1, 0.15) is 0 Å². The summed E-state index contributed by atoms with van der Waals surface area (Å²) in [6.45, 7) is 19.2. The molecule has 1 aliphatic rings. The van der Waals surface area contributed by atoms with Gasteiger partial charge in [-0.15, -0.1) is 0 Å². The van der Waals surface area contributed by atoms with Gasteiger partial charge in [-0.2, -0.15) is 0 Å². The van der Waals surface area contributed by atoms with E-state index in [0.717, 1.165) is 64.2 Å². The van der Waals surface area contributed by atoms with Gasteiger partial charge in [0, 0.05) is 0 Å². The van der Waals surface area contributed by atoms with E-state index in [9.17, 15) is 4.79 Å². The zero-order chi connectivity index (χ0) is 27.3. The van der Waals surface area contributed by atoms with E-state index >= 15 is 0 Å². The molecule has 0 unspecified atom stereocenters. The highest BCUT2D eigenvalue weighted by Crippen LogP contribution is 2.28. The van der Waals surface area contributed by atoms with Crippen molar-refractivity contribution in [3.05, 3.63) is 70.4 Å². The number of rotatable bonds is 14. The molecule has 0 aliphatic heterocycles. The van der Waals surface area contributed by atoms with Gasteiger partial charge in [0.25, 0.3) is 0 Å². The maximum absolute atomic E-state index is 11.6.